The van der Waals surface area contributed by atoms with Crippen molar-refractivity contribution in [3.63, 3.8) is 0 Å². The molecule has 2 amide bonds. The van der Waals surface area contributed by atoms with E-state index in [1.54, 1.807) is 11.8 Å². The minimum atomic E-state index is -1.08. The maximum absolute atomic E-state index is 11.6. The molecule has 0 aromatic carbocycles. The largest absolute Gasteiger partial charge is 0.480 e. The van der Waals surface area contributed by atoms with Crippen LogP contribution in [-0.2, 0) is 14.4 Å². The zero-order valence-electron chi connectivity index (χ0n) is 12.7. The van der Waals surface area contributed by atoms with E-state index in [0.29, 0.717) is 12.8 Å². The van der Waals surface area contributed by atoms with Crippen molar-refractivity contribution in [3.8, 4) is 0 Å². The number of carbonyl (C=O) groups is 3. The van der Waals surface area contributed by atoms with E-state index in [4.69, 9.17) is 10.8 Å². The van der Waals surface area contributed by atoms with Crippen LogP contribution >= 0.6 is 11.8 Å². The van der Waals surface area contributed by atoms with Crippen LogP contribution in [0.4, 0.5) is 0 Å². The molecule has 5 N–H and O–H groups in total. The summed E-state index contributed by atoms with van der Waals surface area (Å²) >= 11 is 1.58. The highest BCUT2D eigenvalue weighted by Gasteiger charge is 2.21. The molecule has 0 aliphatic heterocycles. The molecule has 0 spiro atoms. The number of hydrogen-bond donors (Lipinski definition) is 4. The van der Waals surface area contributed by atoms with Crippen molar-refractivity contribution >= 4 is 29.5 Å². The van der Waals surface area contributed by atoms with Crippen LogP contribution in [0.25, 0.3) is 0 Å². The van der Waals surface area contributed by atoms with Crippen LogP contribution in [0.2, 0.25) is 0 Å². The van der Waals surface area contributed by atoms with Crippen molar-refractivity contribution in [1.82, 2.24) is 10.6 Å². The summed E-state index contributed by atoms with van der Waals surface area (Å²) in [5.41, 5.74) is 5.65. The quantitative estimate of drug-likeness (QED) is 0.442. The van der Waals surface area contributed by atoms with E-state index in [1.807, 2.05) is 20.1 Å². The number of hydrogen-bond acceptors (Lipinski definition) is 5. The maximum atomic E-state index is 11.6. The van der Waals surface area contributed by atoms with Crippen LogP contribution in [0, 0.1) is 5.92 Å². The number of amides is 2. The highest BCUT2D eigenvalue weighted by atomic mass is 32.2. The third-order valence-electron chi connectivity index (χ3n) is 2.73. The number of carboxylic acids is 1. The first kappa shape index (κ1) is 19.7. The van der Waals surface area contributed by atoms with Gasteiger partial charge in [0.25, 0.3) is 0 Å². The first-order chi connectivity index (χ1) is 9.77. The lowest BCUT2D eigenvalue weighted by Crippen LogP contribution is -2.48. The van der Waals surface area contributed by atoms with E-state index in [-0.39, 0.29) is 12.5 Å². The lowest BCUT2D eigenvalue weighted by molar-refractivity contribution is -0.142. The fourth-order valence-electron chi connectivity index (χ4n) is 1.61. The number of nitrogens with one attached hydrogen (secondary N) is 2. The Bertz CT molecular complexity index is 363. The molecule has 0 radical (unpaired) electrons. The average Bonchev–Trinajstić information content (AvgIpc) is 2.40. The standard InChI is InChI=1S/C13H25N3O4S/c1-8(2)6-10(13(19)20)16-11(17)7-15-12(18)9(14)4-5-21-3/h8-10H,4-7,14H2,1-3H3,(H,15,18)(H,16,17)(H,19,20)/t9-,10-/m0/s1. The number of carboxylic acid groups (broad SMARTS) is 1. The zero-order chi connectivity index (χ0) is 16.4. The number of aliphatic carboxylic acids is 1. The molecule has 0 aliphatic rings. The van der Waals surface area contributed by atoms with Crippen molar-refractivity contribution in [2.45, 2.75) is 38.8 Å². The summed E-state index contributed by atoms with van der Waals surface area (Å²) in [6.45, 7) is 3.47. The zero-order valence-corrected chi connectivity index (χ0v) is 13.5. The molecule has 0 heterocycles. The van der Waals surface area contributed by atoms with Crippen molar-refractivity contribution in [2.75, 3.05) is 18.6 Å². The number of carbonyl (C=O) groups excluding carboxylic acids is 2. The molecule has 0 saturated carbocycles. The molecule has 2 atom stereocenters. The number of thioether (sulfide) groups is 1. The van der Waals surface area contributed by atoms with Gasteiger partial charge in [0.15, 0.2) is 0 Å². The van der Waals surface area contributed by atoms with Crippen LogP contribution in [-0.4, -0.2) is 53.5 Å². The first-order valence-electron chi connectivity index (χ1n) is 6.82. The van der Waals surface area contributed by atoms with Crippen molar-refractivity contribution in [1.29, 1.82) is 0 Å². The van der Waals surface area contributed by atoms with Gasteiger partial charge in [-0.2, -0.15) is 11.8 Å². The Kier molecular flexibility index (Phi) is 9.81. The molecular formula is C13H25N3O4S. The summed E-state index contributed by atoms with van der Waals surface area (Å²) in [6, 6.07) is -1.60. The highest BCUT2D eigenvalue weighted by Crippen LogP contribution is 2.04. The molecule has 122 valence electrons. The van der Waals surface area contributed by atoms with Crippen molar-refractivity contribution in [3.05, 3.63) is 0 Å². The average molecular weight is 319 g/mol. The third kappa shape index (κ3) is 9.30. The molecule has 0 aliphatic carbocycles. The Morgan fingerprint density at radius 1 is 1.29 bits per heavy atom. The second-order valence-corrected chi connectivity index (χ2v) is 6.18. The van der Waals surface area contributed by atoms with Crippen LogP contribution in [0.15, 0.2) is 0 Å². The van der Waals surface area contributed by atoms with Crippen LogP contribution in [0.1, 0.15) is 26.7 Å². The Hall–Kier alpha value is -1.28. The van der Waals surface area contributed by atoms with Gasteiger partial charge in [-0.3, -0.25) is 9.59 Å². The second kappa shape index (κ2) is 10.4. The Morgan fingerprint density at radius 2 is 1.90 bits per heavy atom. The van der Waals surface area contributed by atoms with Crippen LogP contribution in [0.5, 0.6) is 0 Å². The highest BCUT2D eigenvalue weighted by molar-refractivity contribution is 7.98. The molecule has 0 aromatic rings. The van der Waals surface area contributed by atoms with Gasteiger partial charge < -0.3 is 21.5 Å². The third-order valence-corrected chi connectivity index (χ3v) is 3.38. The Labute approximate surface area is 129 Å². The molecule has 0 rings (SSSR count). The van der Waals surface area contributed by atoms with E-state index in [0.717, 1.165) is 5.75 Å². The summed E-state index contributed by atoms with van der Waals surface area (Å²) in [4.78, 5) is 34.3. The smallest absolute Gasteiger partial charge is 0.326 e. The molecule has 8 heteroatoms. The first-order valence-corrected chi connectivity index (χ1v) is 8.21. The van der Waals surface area contributed by atoms with Crippen molar-refractivity contribution in [2.24, 2.45) is 11.7 Å². The molecule has 0 unspecified atom stereocenters. The molecule has 0 saturated heterocycles. The molecule has 21 heavy (non-hydrogen) atoms. The molecule has 0 aromatic heterocycles. The summed E-state index contributed by atoms with van der Waals surface area (Å²) in [7, 11) is 0. The van der Waals surface area contributed by atoms with E-state index in [2.05, 4.69) is 10.6 Å². The molecule has 0 bridgehead atoms. The number of rotatable bonds is 10. The van der Waals surface area contributed by atoms with Gasteiger partial charge in [-0.1, -0.05) is 13.8 Å². The van der Waals surface area contributed by atoms with Crippen LogP contribution in [0.3, 0.4) is 0 Å². The monoisotopic (exact) mass is 319 g/mol. The molecular weight excluding hydrogens is 294 g/mol. The fraction of sp³-hybridized carbons (Fsp3) is 0.769. The van der Waals surface area contributed by atoms with E-state index in [9.17, 15) is 14.4 Å². The lowest BCUT2D eigenvalue weighted by atomic mass is 10.0. The van der Waals surface area contributed by atoms with E-state index >= 15 is 0 Å². The van der Waals surface area contributed by atoms with Gasteiger partial charge >= 0.3 is 5.97 Å². The Morgan fingerprint density at radius 3 is 2.38 bits per heavy atom. The maximum Gasteiger partial charge on any atom is 0.326 e. The lowest BCUT2D eigenvalue weighted by Gasteiger charge is -2.17. The predicted molar refractivity (Wildman–Crippen MR) is 83.0 cm³/mol. The minimum Gasteiger partial charge on any atom is -0.480 e. The fourth-order valence-corrected chi connectivity index (χ4v) is 2.10. The summed E-state index contributed by atoms with van der Waals surface area (Å²) in [5.74, 6) is -1.12. The Balaban J connectivity index is 4.18. The van der Waals surface area contributed by atoms with E-state index in [1.165, 1.54) is 0 Å². The number of nitrogens with two attached hydrogens (primary N) is 1. The van der Waals surface area contributed by atoms with Gasteiger partial charge in [0.2, 0.25) is 11.8 Å². The second-order valence-electron chi connectivity index (χ2n) is 5.19. The van der Waals surface area contributed by atoms with Crippen molar-refractivity contribution < 1.29 is 19.5 Å². The summed E-state index contributed by atoms with van der Waals surface area (Å²) in [5, 5.41) is 13.8. The molecule has 0 fully saturated rings. The minimum absolute atomic E-state index is 0.140. The SMILES string of the molecule is CSCC[C@H](N)C(=O)NCC(=O)N[C@@H](CC(C)C)C(=O)O. The van der Waals surface area contributed by atoms with Crippen LogP contribution < -0.4 is 16.4 Å². The summed E-state index contributed by atoms with van der Waals surface area (Å²) in [6.07, 6.45) is 2.78. The molecule has 7 nitrogen and oxygen atoms in total. The van der Waals surface area contributed by atoms with Gasteiger partial charge in [-0.25, -0.2) is 4.79 Å². The van der Waals surface area contributed by atoms with Gasteiger partial charge in [0, 0.05) is 0 Å². The van der Waals surface area contributed by atoms with Gasteiger partial charge in [0.05, 0.1) is 12.6 Å². The topological polar surface area (TPSA) is 122 Å². The van der Waals surface area contributed by atoms with E-state index < -0.39 is 29.9 Å². The van der Waals surface area contributed by atoms with Gasteiger partial charge in [0.1, 0.15) is 6.04 Å². The summed E-state index contributed by atoms with van der Waals surface area (Å²) < 4.78 is 0. The normalized spacial score (nSPS) is 13.6. The predicted octanol–water partition coefficient (Wildman–Crippen LogP) is -0.201. The van der Waals surface area contributed by atoms with Gasteiger partial charge in [-0.05, 0) is 30.8 Å². The van der Waals surface area contributed by atoms with Gasteiger partial charge in [-0.15, -0.1) is 0 Å².